The average molecular weight is 211 g/mol. The number of nitrogens with one attached hydrogen (secondary N) is 2. The highest BCUT2D eigenvalue weighted by molar-refractivity contribution is 5.03. The van der Waals surface area contributed by atoms with Crippen molar-refractivity contribution in [2.24, 2.45) is 0 Å². The van der Waals surface area contributed by atoms with E-state index in [1.807, 2.05) is 0 Å². The van der Waals surface area contributed by atoms with E-state index in [9.17, 15) is 14.7 Å². The summed E-state index contributed by atoms with van der Waals surface area (Å²) < 4.78 is 1.38. The minimum absolute atomic E-state index is 0.298. The zero-order valence-corrected chi connectivity index (χ0v) is 8.36. The van der Waals surface area contributed by atoms with Crippen molar-refractivity contribution in [3.8, 4) is 0 Å². The Bertz CT molecular complexity index is 476. The highest BCUT2D eigenvalue weighted by Crippen LogP contribution is 2.12. The third kappa shape index (κ3) is 1.73. The molecular formula is C9H13N3O3. The largest absolute Gasteiger partial charge is 0.390 e. The van der Waals surface area contributed by atoms with Gasteiger partial charge in [0.1, 0.15) is 0 Å². The summed E-state index contributed by atoms with van der Waals surface area (Å²) in [4.78, 5) is 24.9. The molecule has 0 aromatic carbocycles. The summed E-state index contributed by atoms with van der Waals surface area (Å²) in [5, 5.41) is 12.6. The zero-order valence-electron chi connectivity index (χ0n) is 8.36. The van der Waals surface area contributed by atoms with Crippen molar-refractivity contribution in [3.63, 3.8) is 0 Å². The summed E-state index contributed by atoms with van der Waals surface area (Å²) in [6, 6.07) is -0.298. The van der Waals surface area contributed by atoms with Gasteiger partial charge in [-0.1, -0.05) is 0 Å². The second-order valence-electron chi connectivity index (χ2n) is 3.77. The Balaban J connectivity index is 2.48. The van der Waals surface area contributed by atoms with Crippen LogP contribution < -0.4 is 16.6 Å². The molecule has 2 rings (SSSR count). The second-order valence-corrected chi connectivity index (χ2v) is 3.77. The molecule has 0 bridgehead atoms. The van der Waals surface area contributed by atoms with E-state index in [0.717, 1.165) is 0 Å². The zero-order chi connectivity index (χ0) is 11.0. The van der Waals surface area contributed by atoms with Crippen LogP contribution in [-0.4, -0.2) is 33.9 Å². The van der Waals surface area contributed by atoms with Crippen molar-refractivity contribution >= 4 is 0 Å². The van der Waals surface area contributed by atoms with Gasteiger partial charge >= 0.3 is 5.69 Å². The lowest BCUT2D eigenvalue weighted by Crippen LogP contribution is -2.37. The summed E-state index contributed by atoms with van der Waals surface area (Å²) in [6.45, 7) is 2.63. The summed E-state index contributed by atoms with van der Waals surface area (Å²) in [5.74, 6) is 0. The first-order valence-corrected chi connectivity index (χ1v) is 4.80. The summed E-state index contributed by atoms with van der Waals surface area (Å²) >= 11 is 0. The van der Waals surface area contributed by atoms with Crippen LogP contribution in [0.5, 0.6) is 0 Å². The van der Waals surface area contributed by atoms with Gasteiger partial charge in [0.2, 0.25) is 0 Å². The maximum atomic E-state index is 11.5. The van der Waals surface area contributed by atoms with Crippen LogP contribution in [0.1, 0.15) is 11.6 Å². The van der Waals surface area contributed by atoms with E-state index in [0.29, 0.717) is 18.7 Å². The molecule has 0 radical (unpaired) electrons. The Morgan fingerprint density at radius 1 is 1.47 bits per heavy atom. The van der Waals surface area contributed by atoms with Gasteiger partial charge in [-0.15, -0.1) is 0 Å². The maximum absolute atomic E-state index is 11.5. The van der Waals surface area contributed by atoms with Crippen molar-refractivity contribution in [2.75, 3.05) is 13.1 Å². The molecular weight excluding hydrogens is 198 g/mol. The molecule has 0 aliphatic carbocycles. The van der Waals surface area contributed by atoms with Gasteiger partial charge in [0.05, 0.1) is 12.1 Å². The molecule has 1 aromatic heterocycles. The first kappa shape index (κ1) is 10.1. The number of aromatic amines is 1. The number of H-pyrrole nitrogens is 1. The molecule has 15 heavy (non-hydrogen) atoms. The first-order chi connectivity index (χ1) is 7.09. The van der Waals surface area contributed by atoms with Crippen molar-refractivity contribution in [1.82, 2.24) is 14.9 Å². The average Bonchev–Trinajstić information content (AvgIpc) is 2.58. The molecule has 0 unspecified atom stereocenters. The Morgan fingerprint density at radius 2 is 2.20 bits per heavy atom. The van der Waals surface area contributed by atoms with Gasteiger partial charge in [-0.25, -0.2) is 4.79 Å². The van der Waals surface area contributed by atoms with Gasteiger partial charge in [-0.3, -0.25) is 14.3 Å². The third-order valence-electron chi connectivity index (χ3n) is 2.65. The number of hydrogen-bond acceptors (Lipinski definition) is 4. The fraction of sp³-hybridized carbons (Fsp3) is 0.556. The highest BCUT2D eigenvalue weighted by atomic mass is 16.3. The van der Waals surface area contributed by atoms with E-state index in [-0.39, 0.29) is 11.6 Å². The smallest absolute Gasteiger partial charge is 0.328 e. The molecule has 2 heterocycles. The van der Waals surface area contributed by atoms with Gasteiger partial charge in [0.25, 0.3) is 5.56 Å². The van der Waals surface area contributed by atoms with Gasteiger partial charge in [0.15, 0.2) is 0 Å². The topological polar surface area (TPSA) is 87.1 Å². The van der Waals surface area contributed by atoms with Crippen molar-refractivity contribution < 1.29 is 5.11 Å². The SMILES string of the molecule is Cc1cn([C@H]2CNC[C@@H]2O)c(=O)[nH]c1=O. The minimum atomic E-state index is -0.590. The van der Waals surface area contributed by atoms with E-state index in [4.69, 9.17) is 0 Å². The van der Waals surface area contributed by atoms with Crippen LogP contribution in [0.3, 0.4) is 0 Å². The molecule has 1 aromatic rings. The minimum Gasteiger partial charge on any atom is -0.390 e. The summed E-state index contributed by atoms with van der Waals surface area (Å²) in [6.07, 6.45) is 0.898. The van der Waals surface area contributed by atoms with E-state index in [1.54, 1.807) is 6.92 Å². The fourth-order valence-corrected chi connectivity index (χ4v) is 1.77. The molecule has 1 fully saturated rings. The van der Waals surface area contributed by atoms with Gasteiger partial charge in [-0.05, 0) is 6.92 Å². The van der Waals surface area contributed by atoms with Gasteiger partial charge < -0.3 is 10.4 Å². The normalized spacial score (nSPS) is 25.7. The van der Waals surface area contributed by atoms with Crippen LogP contribution in [0.4, 0.5) is 0 Å². The Morgan fingerprint density at radius 3 is 2.80 bits per heavy atom. The molecule has 82 valence electrons. The number of aliphatic hydroxyl groups excluding tert-OH is 1. The van der Waals surface area contributed by atoms with Gasteiger partial charge in [-0.2, -0.15) is 0 Å². The van der Waals surface area contributed by atoms with E-state index >= 15 is 0 Å². The van der Waals surface area contributed by atoms with Crippen LogP contribution in [0, 0.1) is 6.92 Å². The molecule has 6 nitrogen and oxygen atoms in total. The fourth-order valence-electron chi connectivity index (χ4n) is 1.77. The van der Waals surface area contributed by atoms with Crippen LogP contribution in [0.15, 0.2) is 15.8 Å². The predicted octanol–water partition coefficient (Wildman–Crippen LogP) is -1.65. The number of aryl methyl sites for hydroxylation is 1. The Labute approximate surface area is 85.6 Å². The third-order valence-corrected chi connectivity index (χ3v) is 2.65. The summed E-state index contributed by atoms with van der Waals surface area (Å²) in [5.41, 5.74) is -0.385. The van der Waals surface area contributed by atoms with Crippen molar-refractivity contribution in [2.45, 2.75) is 19.1 Å². The van der Waals surface area contributed by atoms with E-state index in [2.05, 4.69) is 10.3 Å². The number of aliphatic hydroxyl groups is 1. The van der Waals surface area contributed by atoms with E-state index in [1.165, 1.54) is 10.8 Å². The van der Waals surface area contributed by atoms with Gasteiger partial charge in [0, 0.05) is 24.8 Å². The van der Waals surface area contributed by atoms with Crippen LogP contribution in [-0.2, 0) is 0 Å². The quantitative estimate of drug-likeness (QED) is 0.519. The monoisotopic (exact) mass is 211 g/mol. The predicted molar refractivity (Wildman–Crippen MR) is 54.0 cm³/mol. The van der Waals surface area contributed by atoms with E-state index < -0.39 is 11.8 Å². The van der Waals surface area contributed by atoms with Crippen molar-refractivity contribution in [1.29, 1.82) is 0 Å². The Hall–Kier alpha value is -1.40. The molecule has 0 amide bonds. The maximum Gasteiger partial charge on any atom is 0.328 e. The summed E-state index contributed by atoms with van der Waals surface area (Å²) in [7, 11) is 0. The van der Waals surface area contributed by atoms with Crippen molar-refractivity contribution in [3.05, 3.63) is 32.6 Å². The molecule has 0 spiro atoms. The lowest BCUT2D eigenvalue weighted by molar-refractivity contribution is 0.148. The Kier molecular flexibility index (Phi) is 2.45. The number of hydrogen-bond donors (Lipinski definition) is 3. The van der Waals surface area contributed by atoms with Crippen LogP contribution in [0.25, 0.3) is 0 Å². The standard InChI is InChI=1S/C9H13N3O3/c1-5-4-12(9(15)11-8(5)14)6-2-10-3-7(6)13/h4,6-7,10,13H,2-3H2,1H3,(H,11,14,15)/t6-,7-/m0/s1. The second kappa shape index (κ2) is 3.63. The van der Waals surface area contributed by atoms with Crippen LogP contribution >= 0.6 is 0 Å². The molecule has 1 aliphatic rings. The number of aromatic nitrogens is 2. The molecule has 2 atom stereocenters. The molecule has 1 saturated heterocycles. The molecule has 6 heteroatoms. The molecule has 3 N–H and O–H groups in total. The first-order valence-electron chi connectivity index (χ1n) is 4.80. The lowest BCUT2D eigenvalue weighted by Gasteiger charge is -2.16. The molecule has 1 aliphatic heterocycles. The number of nitrogens with zero attached hydrogens (tertiary/aromatic N) is 1. The number of rotatable bonds is 1. The van der Waals surface area contributed by atoms with Crippen LogP contribution in [0.2, 0.25) is 0 Å². The highest BCUT2D eigenvalue weighted by Gasteiger charge is 2.27. The molecule has 0 saturated carbocycles. The lowest BCUT2D eigenvalue weighted by atomic mass is 10.2. The number of β-amino-alcohol motifs (C(OH)–C–C–N with tert-alkyl or cyclic N) is 1.